The van der Waals surface area contributed by atoms with Crippen LogP contribution in [0.2, 0.25) is 0 Å². The van der Waals surface area contributed by atoms with Gasteiger partial charge in [-0.1, -0.05) is 18.6 Å². The second-order valence-corrected chi connectivity index (χ2v) is 11.8. The van der Waals surface area contributed by atoms with E-state index in [9.17, 15) is 14.4 Å². The van der Waals surface area contributed by atoms with E-state index >= 15 is 0 Å². The highest BCUT2D eigenvalue weighted by molar-refractivity contribution is 5.89. The Kier molecular flexibility index (Phi) is 7.49. The lowest BCUT2D eigenvalue weighted by Crippen LogP contribution is -2.58. The summed E-state index contributed by atoms with van der Waals surface area (Å²) in [5.74, 6) is 0.610. The number of fused-ring (bicyclic) bond motifs is 1. The van der Waals surface area contributed by atoms with Crippen molar-refractivity contribution in [3.05, 3.63) is 52.6 Å². The van der Waals surface area contributed by atoms with Crippen molar-refractivity contribution in [1.29, 1.82) is 0 Å². The number of nitrogens with zero attached hydrogens (tertiary/aromatic N) is 4. The summed E-state index contributed by atoms with van der Waals surface area (Å²) in [6.07, 6.45) is 7.42. The van der Waals surface area contributed by atoms with Gasteiger partial charge in [0.05, 0.1) is 11.2 Å². The van der Waals surface area contributed by atoms with Crippen molar-refractivity contribution < 1.29 is 9.59 Å². The number of benzene rings is 1. The van der Waals surface area contributed by atoms with Gasteiger partial charge in [0.2, 0.25) is 5.91 Å². The molecule has 2 aromatic rings. The van der Waals surface area contributed by atoms with Crippen LogP contribution in [0.25, 0.3) is 5.69 Å². The number of carbonyl (C=O) groups is 2. The molecule has 2 aliphatic carbocycles. The van der Waals surface area contributed by atoms with Crippen molar-refractivity contribution in [2.24, 2.45) is 17.4 Å². The van der Waals surface area contributed by atoms with E-state index in [2.05, 4.69) is 15.6 Å². The summed E-state index contributed by atoms with van der Waals surface area (Å²) in [5.41, 5.74) is 13.0. The van der Waals surface area contributed by atoms with Gasteiger partial charge >= 0.3 is 11.7 Å². The minimum atomic E-state index is -0.946. The molecule has 3 unspecified atom stereocenters. The van der Waals surface area contributed by atoms with Crippen LogP contribution in [0.15, 0.2) is 41.3 Å². The Morgan fingerprint density at radius 1 is 1.05 bits per heavy atom. The summed E-state index contributed by atoms with van der Waals surface area (Å²) in [7, 11) is 0. The zero-order chi connectivity index (χ0) is 27.8. The molecule has 210 valence electrons. The summed E-state index contributed by atoms with van der Waals surface area (Å²) in [4.78, 5) is 45.1. The summed E-state index contributed by atoms with van der Waals surface area (Å²) in [6.45, 7) is 5.67. The molecule has 2 saturated carbocycles. The minimum absolute atomic E-state index is 0.0265. The van der Waals surface area contributed by atoms with Crippen molar-refractivity contribution in [2.45, 2.75) is 69.6 Å². The first kappa shape index (κ1) is 27.3. The van der Waals surface area contributed by atoms with Gasteiger partial charge in [-0.2, -0.15) is 4.98 Å². The van der Waals surface area contributed by atoms with E-state index in [1.807, 2.05) is 24.3 Å². The lowest BCUT2D eigenvalue weighted by Gasteiger charge is -2.37. The molecule has 0 bridgehead atoms. The molecule has 3 amide bonds. The molecular weight excluding hydrogens is 496 g/mol. The first-order valence-electron chi connectivity index (χ1n) is 13.9. The number of piperazine rings is 1. The van der Waals surface area contributed by atoms with Gasteiger partial charge < -0.3 is 26.6 Å². The first-order chi connectivity index (χ1) is 18.5. The highest BCUT2D eigenvalue weighted by atomic mass is 16.2. The molecule has 3 aliphatic rings. The smallest absolute Gasteiger partial charge is 0.338 e. The number of hydrogen-bond donors (Lipinski definition) is 4. The molecule has 0 spiro atoms. The molecule has 1 saturated heterocycles. The summed E-state index contributed by atoms with van der Waals surface area (Å²) < 4.78 is 1.45. The Labute approximate surface area is 228 Å². The number of nitrogens with two attached hydrogens (primary N) is 2. The zero-order valence-electron chi connectivity index (χ0n) is 22.9. The monoisotopic (exact) mass is 536 g/mol. The molecular formula is C28H40N8O3. The van der Waals surface area contributed by atoms with Gasteiger partial charge in [-0.25, -0.2) is 9.59 Å². The zero-order valence-corrected chi connectivity index (χ0v) is 22.9. The normalized spacial score (nSPS) is 25.0. The molecule has 3 fully saturated rings. The average molecular weight is 537 g/mol. The number of nitrogens with one attached hydrogen (secondary N) is 2. The van der Waals surface area contributed by atoms with Crippen molar-refractivity contribution in [1.82, 2.24) is 24.7 Å². The lowest BCUT2D eigenvalue weighted by molar-refractivity contribution is -0.137. The van der Waals surface area contributed by atoms with E-state index in [0.717, 1.165) is 31.4 Å². The Morgan fingerprint density at radius 3 is 2.41 bits per heavy atom. The van der Waals surface area contributed by atoms with Gasteiger partial charge in [-0.15, -0.1) is 0 Å². The Balaban J connectivity index is 1.14. The van der Waals surface area contributed by atoms with Gasteiger partial charge in [-0.3, -0.25) is 14.7 Å². The number of anilines is 1. The third-order valence-corrected chi connectivity index (χ3v) is 8.53. The Morgan fingerprint density at radius 2 is 1.74 bits per heavy atom. The molecule has 39 heavy (non-hydrogen) atoms. The standard InChI is InChI=1S/C28H40N8O3/c1-27(2,29)24(37)34-14-16-35(17-15-34)25(38)32-23-10-13-36(26(39)33-23)20-7-5-19(6-8-20)18-31-22-9-12-28(30)11-3-4-21(22)28/h5-8,10,13,21-22,31H,3-4,9,11-12,14-18,29-30H2,1-2H3,(H,32,33,38,39). The van der Waals surface area contributed by atoms with Crippen LogP contribution < -0.4 is 27.8 Å². The van der Waals surface area contributed by atoms with Crippen LogP contribution in [-0.4, -0.2) is 74.6 Å². The highest BCUT2D eigenvalue weighted by Gasteiger charge is 2.48. The Hall–Kier alpha value is -3.28. The van der Waals surface area contributed by atoms with E-state index in [0.29, 0.717) is 43.8 Å². The van der Waals surface area contributed by atoms with Crippen molar-refractivity contribution in [2.75, 3.05) is 31.5 Å². The summed E-state index contributed by atoms with van der Waals surface area (Å²) >= 11 is 0. The second kappa shape index (κ2) is 10.7. The molecule has 11 nitrogen and oxygen atoms in total. The van der Waals surface area contributed by atoms with Crippen LogP contribution in [-0.2, 0) is 11.3 Å². The van der Waals surface area contributed by atoms with Gasteiger partial charge in [0.1, 0.15) is 5.82 Å². The van der Waals surface area contributed by atoms with E-state index in [1.165, 1.54) is 17.4 Å². The van der Waals surface area contributed by atoms with Crippen LogP contribution in [0.3, 0.4) is 0 Å². The second-order valence-electron chi connectivity index (χ2n) is 11.8. The largest absolute Gasteiger partial charge is 0.354 e. The molecule has 1 aromatic heterocycles. The molecule has 1 aromatic carbocycles. The fourth-order valence-corrected chi connectivity index (χ4v) is 6.31. The van der Waals surface area contributed by atoms with Crippen molar-refractivity contribution in [3.63, 3.8) is 0 Å². The predicted octanol–water partition coefficient (Wildman–Crippen LogP) is 1.40. The maximum Gasteiger partial charge on any atom is 0.354 e. The van der Waals surface area contributed by atoms with Crippen LogP contribution in [0.1, 0.15) is 51.5 Å². The SMILES string of the molecule is CC(C)(N)C(=O)N1CCN(C(=O)Nc2ccn(-c3ccc(CNC4CCC5(N)CCCC45)cc3)c(=O)n2)CC1. The third kappa shape index (κ3) is 5.85. The van der Waals surface area contributed by atoms with Gasteiger partial charge in [-0.05, 0) is 69.2 Å². The minimum Gasteiger partial charge on any atom is -0.338 e. The van der Waals surface area contributed by atoms with E-state index in [-0.39, 0.29) is 23.3 Å². The molecule has 1 aliphatic heterocycles. The number of aromatic nitrogens is 2. The number of urea groups is 1. The van der Waals surface area contributed by atoms with Crippen LogP contribution in [0, 0.1) is 5.92 Å². The fourth-order valence-electron chi connectivity index (χ4n) is 6.31. The topological polar surface area (TPSA) is 152 Å². The molecule has 5 rings (SSSR count). The number of amides is 3. The molecule has 11 heteroatoms. The van der Waals surface area contributed by atoms with Gasteiger partial charge in [0, 0.05) is 50.5 Å². The van der Waals surface area contributed by atoms with E-state index in [4.69, 9.17) is 11.5 Å². The average Bonchev–Trinajstić information content (AvgIpc) is 3.44. The maximum atomic E-state index is 12.7. The molecule has 2 heterocycles. The maximum absolute atomic E-state index is 12.7. The lowest BCUT2D eigenvalue weighted by atomic mass is 9.90. The predicted molar refractivity (Wildman–Crippen MR) is 149 cm³/mol. The Bertz CT molecular complexity index is 1260. The van der Waals surface area contributed by atoms with Gasteiger partial charge in [0.25, 0.3) is 0 Å². The molecule has 0 radical (unpaired) electrons. The fraction of sp³-hybridized carbons (Fsp3) is 0.571. The van der Waals surface area contributed by atoms with Crippen LogP contribution in [0.4, 0.5) is 10.6 Å². The third-order valence-electron chi connectivity index (χ3n) is 8.53. The van der Waals surface area contributed by atoms with E-state index < -0.39 is 11.2 Å². The van der Waals surface area contributed by atoms with Crippen LogP contribution in [0.5, 0.6) is 0 Å². The summed E-state index contributed by atoms with van der Waals surface area (Å²) in [6, 6.07) is 9.54. The first-order valence-corrected chi connectivity index (χ1v) is 13.9. The number of carbonyl (C=O) groups excluding carboxylic acids is 2. The van der Waals surface area contributed by atoms with Gasteiger partial charge in [0.15, 0.2) is 0 Å². The summed E-state index contributed by atoms with van der Waals surface area (Å²) in [5, 5.41) is 6.40. The quantitative estimate of drug-likeness (QED) is 0.435. The molecule has 3 atom stereocenters. The number of rotatable bonds is 6. The van der Waals surface area contributed by atoms with Crippen LogP contribution >= 0.6 is 0 Å². The van der Waals surface area contributed by atoms with Crippen molar-refractivity contribution >= 4 is 17.8 Å². The number of hydrogen-bond acceptors (Lipinski definition) is 7. The highest BCUT2D eigenvalue weighted by Crippen LogP contribution is 2.45. The van der Waals surface area contributed by atoms with E-state index in [1.54, 1.807) is 35.9 Å². The van der Waals surface area contributed by atoms with Crippen molar-refractivity contribution in [3.8, 4) is 5.69 Å². The molecule has 6 N–H and O–H groups in total.